The third kappa shape index (κ3) is 3.71. The van der Waals surface area contributed by atoms with Gasteiger partial charge in [-0.1, -0.05) is 18.2 Å². The van der Waals surface area contributed by atoms with Crippen LogP contribution < -0.4 is 5.73 Å². The van der Waals surface area contributed by atoms with Crippen molar-refractivity contribution in [3.05, 3.63) is 65.2 Å². The lowest BCUT2D eigenvalue weighted by Crippen LogP contribution is -2.12. The van der Waals surface area contributed by atoms with Crippen LogP contribution in [-0.4, -0.2) is 10.9 Å². The van der Waals surface area contributed by atoms with Gasteiger partial charge in [0.15, 0.2) is 0 Å². The second kappa shape index (κ2) is 6.26. The molecule has 27 heavy (non-hydrogen) atoms. The van der Waals surface area contributed by atoms with Crippen molar-refractivity contribution in [1.82, 2.24) is 4.98 Å². The average molecular weight is 384 g/mol. The number of alkyl halides is 6. The van der Waals surface area contributed by atoms with Crippen molar-refractivity contribution in [2.45, 2.75) is 12.4 Å². The van der Waals surface area contributed by atoms with Gasteiger partial charge in [-0.3, -0.25) is 4.79 Å². The Balaban J connectivity index is 2.27. The molecule has 0 saturated heterocycles. The fourth-order valence-corrected chi connectivity index (χ4v) is 2.61. The topological polar surface area (TPSA) is 56.0 Å². The van der Waals surface area contributed by atoms with Gasteiger partial charge in [-0.05, 0) is 30.3 Å². The molecule has 0 radical (unpaired) electrons. The van der Waals surface area contributed by atoms with Gasteiger partial charge in [-0.2, -0.15) is 26.3 Å². The number of pyridine rings is 1. The summed E-state index contributed by atoms with van der Waals surface area (Å²) < 4.78 is 78.2. The zero-order valence-corrected chi connectivity index (χ0v) is 13.3. The highest BCUT2D eigenvalue weighted by Gasteiger charge is 2.37. The number of benzene rings is 2. The number of hydrogen-bond acceptors (Lipinski definition) is 2. The maximum absolute atomic E-state index is 13.0. The van der Waals surface area contributed by atoms with Gasteiger partial charge in [0.05, 0.1) is 27.9 Å². The molecule has 1 heterocycles. The van der Waals surface area contributed by atoms with Crippen LogP contribution in [0.15, 0.2) is 48.5 Å². The molecule has 3 rings (SSSR count). The van der Waals surface area contributed by atoms with E-state index >= 15 is 0 Å². The van der Waals surface area contributed by atoms with Crippen LogP contribution in [0.4, 0.5) is 26.3 Å². The third-order valence-corrected chi connectivity index (χ3v) is 3.87. The molecule has 0 fully saturated rings. The van der Waals surface area contributed by atoms with E-state index in [9.17, 15) is 31.1 Å². The van der Waals surface area contributed by atoms with E-state index in [0.717, 1.165) is 0 Å². The highest BCUT2D eigenvalue weighted by atomic mass is 19.4. The van der Waals surface area contributed by atoms with Crippen LogP contribution in [-0.2, 0) is 12.4 Å². The third-order valence-electron chi connectivity index (χ3n) is 3.87. The largest absolute Gasteiger partial charge is 0.416 e. The Labute approximate surface area is 148 Å². The Morgan fingerprint density at radius 2 is 1.44 bits per heavy atom. The molecule has 140 valence electrons. The Morgan fingerprint density at radius 3 is 1.96 bits per heavy atom. The van der Waals surface area contributed by atoms with E-state index in [1.54, 1.807) is 6.07 Å². The van der Waals surface area contributed by atoms with Crippen molar-refractivity contribution in [1.29, 1.82) is 0 Å². The number of nitrogens with zero attached hydrogens (tertiary/aromatic N) is 1. The summed E-state index contributed by atoms with van der Waals surface area (Å²) in [5.74, 6) is -0.815. The van der Waals surface area contributed by atoms with Crippen molar-refractivity contribution >= 4 is 16.8 Å². The molecule has 3 aromatic rings. The number of halogens is 6. The minimum atomic E-state index is -4.97. The number of nitrogens with two attached hydrogens (primary N) is 1. The zero-order chi connectivity index (χ0) is 20.0. The molecule has 2 N–H and O–H groups in total. The summed E-state index contributed by atoms with van der Waals surface area (Å²) in [6.07, 6.45) is -9.93. The van der Waals surface area contributed by atoms with Crippen molar-refractivity contribution in [3.63, 3.8) is 0 Å². The smallest absolute Gasteiger partial charge is 0.366 e. The lowest BCUT2D eigenvalue weighted by molar-refractivity contribution is -0.143. The normalized spacial score (nSPS) is 12.4. The predicted octanol–water partition coefficient (Wildman–Crippen LogP) is 5.04. The fourth-order valence-electron chi connectivity index (χ4n) is 2.61. The van der Waals surface area contributed by atoms with E-state index in [1.807, 2.05) is 0 Å². The molecule has 0 bridgehead atoms. The Morgan fingerprint density at radius 1 is 0.852 bits per heavy atom. The molecule has 0 saturated carbocycles. The number of fused-ring (bicyclic) bond motifs is 1. The number of para-hydroxylation sites is 1. The Kier molecular flexibility index (Phi) is 4.33. The quantitative estimate of drug-likeness (QED) is 0.630. The van der Waals surface area contributed by atoms with Gasteiger partial charge in [-0.15, -0.1) is 0 Å². The van der Waals surface area contributed by atoms with E-state index in [2.05, 4.69) is 4.98 Å². The standard InChI is InChI=1S/C18H10F6N2O/c19-17(20,21)11-6-10(7-12(8-11)18(22,23)24)14-5-4-9-2-1-3-13(16(25)27)15(9)26-14/h1-8H,(H2,25,27). The molecule has 3 nitrogen and oxygen atoms in total. The number of hydrogen-bond donors (Lipinski definition) is 1. The lowest BCUT2D eigenvalue weighted by Gasteiger charge is -2.14. The summed E-state index contributed by atoms with van der Waals surface area (Å²) in [6, 6.07) is 8.42. The minimum absolute atomic E-state index is 0.0115. The maximum atomic E-state index is 13.0. The van der Waals surface area contributed by atoms with E-state index in [1.165, 1.54) is 24.3 Å². The second-order valence-corrected chi connectivity index (χ2v) is 5.73. The molecular weight excluding hydrogens is 374 g/mol. The molecule has 0 aliphatic carbocycles. The molecule has 0 atom stereocenters. The van der Waals surface area contributed by atoms with Gasteiger partial charge in [0.25, 0.3) is 5.91 Å². The summed E-state index contributed by atoms with van der Waals surface area (Å²) in [6.45, 7) is 0. The van der Waals surface area contributed by atoms with E-state index in [0.29, 0.717) is 17.5 Å². The zero-order valence-electron chi connectivity index (χ0n) is 13.3. The first kappa shape index (κ1) is 18.7. The number of amides is 1. The number of primary amides is 1. The first-order valence-corrected chi connectivity index (χ1v) is 7.46. The summed E-state index contributed by atoms with van der Waals surface area (Å²) in [5.41, 5.74) is 1.94. The van der Waals surface area contributed by atoms with Gasteiger partial charge in [0.2, 0.25) is 0 Å². The van der Waals surface area contributed by atoms with Crippen molar-refractivity contribution in [2.24, 2.45) is 5.73 Å². The van der Waals surface area contributed by atoms with Crippen LogP contribution in [0, 0.1) is 0 Å². The van der Waals surface area contributed by atoms with E-state index in [4.69, 9.17) is 5.73 Å². The van der Waals surface area contributed by atoms with Gasteiger partial charge >= 0.3 is 12.4 Å². The number of rotatable bonds is 2. The lowest BCUT2D eigenvalue weighted by atomic mass is 10.0. The predicted molar refractivity (Wildman–Crippen MR) is 85.7 cm³/mol. The summed E-state index contributed by atoms with van der Waals surface area (Å²) in [4.78, 5) is 15.6. The van der Waals surface area contributed by atoms with Crippen LogP contribution >= 0.6 is 0 Å². The summed E-state index contributed by atoms with van der Waals surface area (Å²) in [7, 11) is 0. The van der Waals surface area contributed by atoms with Crippen LogP contribution in [0.5, 0.6) is 0 Å². The molecule has 0 spiro atoms. The maximum Gasteiger partial charge on any atom is 0.416 e. The number of aromatic nitrogens is 1. The van der Waals surface area contributed by atoms with Crippen LogP contribution in [0.1, 0.15) is 21.5 Å². The SMILES string of the molecule is NC(=O)c1cccc2ccc(-c3cc(C(F)(F)F)cc(C(F)(F)F)c3)nc12. The van der Waals surface area contributed by atoms with Crippen molar-refractivity contribution < 1.29 is 31.1 Å². The van der Waals surface area contributed by atoms with Crippen molar-refractivity contribution in [3.8, 4) is 11.3 Å². The molecular formula is C18H10F6N2O. The summed E-state index contributed by atoms with van der Waals surface area (Å²) in [5, 5.41) is 0.470. The highest BCUT2D eigenvalue weighted by Crippen LogP contribution is 2.38. The highest BCUT2D eigenvalue weighted by molar-refractivity contribution is 6.05. The van der Waals surface area contributed by atoms with Gasteiger partial charge < -0.3 is 5.73 Å². The van der Waals surface area contributed by atoms with Crippen LogP contribution in [0.2, 0.25) is 0 Å². The second-order valence-electron chi connectivity index (χ2n) is 5.73. The average Bonchev–Trinajstić information content (AvgIpc) is 2.58. The molecule has 1 aromatic heterocycles. The van der Waals surface area contributed by atoms with E-state index < -0.39 is 29.4 Å². The molecule has 1 amide bonds. The van der Waals surface area contributed by atoms with E-state index in [-0.39, 0.29) is 28.4 Å². The molecule has 0 unspecified atom stereocenters. The van der Waals surface area contributed by atoms with Gasteiger partial charge in [-0.25, -0.2) is 4.98 Å². The molecule has 2 aromatic carbocycles. The Hall–Kier alpha value is -3.10. The minimum Gasteiger partial charge on any atom is -0.366 e. The van der Waals surface area contributed by atoms with Crippen molar-refractivity contribution in [2.75, 3.05) is 0 Å². The van der Waals surface area contributed by atoms with Gasteiger partial charge in [0, 0.05) is 10.9 Å². The van der Waals surface area contributed by atoms with Crippen LogP contribution in [0.25, 0.3) is 22.2 Å². The van der Waals surface area contributed by atoms with Crippen LogP contribution in [0.3, 0.4) is 0 Å². The monoisotopic (exact) mass is 384 g/mol. The van der Waals surface area contributed by atoms with Gasteiger partial charge in [0.1, 0.15) is 0 Å². The molecule has 9 heteroatoms. The molecule has 0 aliphatic heterocycles. The summed E-state index contributed by atoms with van der Waals surface area (Å²) >= 11 is 0. The first-order valence-electron chi connectivity index (χ1n) is 7.46. The number of carbonyl (C=O) groups excluding carboxylic acids is 1. The fraction of sp³-hybridized carbons (Fsp3) is 0.111. The Bertz CT molecular complexity index is 1010. The first-order chi connectivity index (χ1) is 12.5. The molecule has 0 aliphatic rings. The number of carbonyl (C=O) groups is 1.